The Hall–Kier alpha value is -2.29. The van der Waals surface area contributed by atoms with Gasteiger partial charge in [-0.3, -0.25) is 0 Å². The van der Waals surface area contributed by atoms with Crippen LogP contribution in [0.25, 0.3) is 5.57 Å². The first-order valence-electron chi connectivity index (χ1n) is 6.59. The van der Waals surface area contributed by atoms with Gasteiger partial charge in [-0.05, 0) is 38.5 Å². The zero-order valence-corrected chi connectivity index (χ0v) is 12.1. The first-order valence-corrected chi connectivity index (χ1v) is 6.59. The molecule has 0 saturated heterocycles. The lowest BCUT2D eigenvalue weighted by molar-refractivity contribution is 0.307. The fourth-order valence-electron chi connectivity index (χ4n) is 2.17. The quantitative estimate of drug-likeness (QED) is 0.765. The Morgan fingerprint density at radius 1 is 1.35 bits per heavy atom. The Morgan fingerprint density at radius 2 is 2.15 bits per heavy atom. The van der Waals surface area contributed by atoms with Crippen molar-refractivity contribution in [2.24, 2.45) is 0 Å². The van der Waals surface area contributed by atoms with Crippen molar-refractivity contribution in [1.82, 2.24) is 4.98 Å². The number of aromatic nitrogens is 1. The molecule has 0 atom stereocenters. The van der Waals surface area contributed by atoms with Crippen LogP contribution in [-0.4, -0.2) is 11.6 Å². The second-order valence-corrected chi connectivity index (χ2v) is 4.52. The van der Waals surface area contributed by atoms with E-state index >= 15 is 0 Å². The topological polar surface area (TPSA) is 31.4 Å². The predicted octanol–water partition coefficient (Wildman–Crippen LogP) is 4.26. The van der Waals surface area contributed by atoms with Crippen molar-refractivity contribution in [2.75, 3.05) is 6.61 Å². The maximum Gasteiger partial charge on any atom is 0.213 e. The molecule has 0 bridgehead atoms. The van der Waals surface area contributed by atoms with Gasteiger partial charge in [-0.25, -0.2) is 4.98 Å². The Morgan fingerprint density at radius 3 is 2.75 bits per heavy atom. The van der Waals surface area contributed by atoms with Crippen LogP contribution in [0.2, 0.25) is 0 Å². The highest BCUT2D eigenvalue weighted by Gasteiger charge is 2.16. The lowest BCUT2D eigenvalue weighted by Crippen LogP contribution is -2.03. The summed E-state index contributed by atoms with van der Waals surface area (Å²) in [6.45, 7) is 10.0. The summed E-state index contributed by atoms with van der Waals surface area (Å²) >= 11 is 0. The Kier molecular flexibility index (Phi) is 4.41. The zero-order chi connectivity index (χ0) is 14.5. The van der Waals surface area contributed by atoms with Crippen molar-refractivity contribution < 1.29 is 9.47 Å². The standard InChI is InChI=1S/C17H19NO2/c1-5-9-19-16-8-7-15(11-18-16)17-13(4)20-12(3)10-14(17)6-2/h5-8,10-11H,1,9H2,2-4H3/b14-6-. The molecule has 0 fully saturated rings. The third-order valence-electron chi connectivity index (χ3n) is 3.00. The van der Waals surface area contributed by atoms with E-state index in [0.29, 0.717) is 12.5 Å². The van der Waals surface area contributed by atoms with Gasteiger partial charge in [0, 0.05) is 23.4 Å². The van der Waals surface area contributed by atoms with Crippen molar-refractivity contribution in [2.45, 2.75) is 20.8 Å². The van der Waals surface area contributed by atoms with E-state index < -0.39 is 0 Å². The SMILES string of the molecule is C=CCOc1ccc(C2=C(C)OC(C)=C/C2=C/C)cn1. The van der Waals surface area contributed by atoms with Crippen molar-refractivity contribution in [3.8, 4) is 5.88 Å². The third kappa shape index (κ3) is 2.99. The summed E-state index contributed by atoms with van der Waals surface area (Å²) in [5.74, 6) is 2.38. The molecule has 0 spiro atoms. The van der Waals surface area contributed by atoms with Crippen LogP contribution in [0.3, 0.4) is 0 Å². The highest BCUT2D eigenvalue weighted by molar-refractivity contribution is 5.83. The van der Waals surface area contributed by atoms with Crippen molar-refractivity contribution in [3.05, 3.63) is 65.8 Å². The molecule has 3 nitrogen and oxygen atoms in total. The molecule has 20 heavy (non-hydrogen) atoms. The molecule has 1 aliphatic heterocycles. The fourth-order valence-corrected chi connectivity index (χ4v) is 2.17. The molecule has 2 heterocycles. The summed E-state index contributed by atoms with van der Waals surface area (Å²) in [4.78, 5) is 4.31. The average molecular weight is 269 g/mol. The Bertz CT molecular complexity index is 592. The molecule has 0 radical (unpaired) electrons. The van der Waals surface area contributed by atoms with Crippen LogP contribution >= 0.6 is 0 Å². The highest BCUT2D eigenvalue weighted by atomic mass is 16.5. The van der Waals surface area contributed by atoms with E-state index in [1.807, 2.05) is 39.0 Å². The van der Waals surface area contributed by atoms with Crippen LogP contribution in [0.15, 0.2) is 60.2 Å². The minimum atomic E-state index is 0.458. The van der Waals surface area contributed by atoms with Crippen LogP contribution in [0, 0.1) is 0 Å². The second-order valence-electron chi connectivity index (χ2n) is 4.52. The van der Waals surface area contributed by atoms with Crippen molar-refractivity contribution in [3.63, 3.8) is 0 Å². The normalized spacial score (nSPS) is 16.8. The van der Waals surface area contributed by atoms with Gasteiger partial charge in [-0.2, -0.15) is 0 Å². The average Bonchev–Trinajstić information content (AvgIpc) is 2.45. The summed E-state index contributed by atoms with van der Waals surface area (Å²) in [7, 11) is 0. The number of ether oxygens (including phenoxy) is 2. The predicted molar refractivity (Wildman–Crippen MR) is 81.1 cm³/mol. The van der Waals surface area contributed by atoms with Gasteiger partial charge >= 0.3 is 0 Å². The molecule has 0 aromatic carbocycles. The van der Waals surface area contributed by atoms with Crippen LogP contribution < -0.4 is 4.74 Å². The van der Waals surface area contributed by atoms with Gasteiger partial charge in [0.2, 0.25) is 5.88 Å². The van der Waals surface area contributed by atoms with E-state index in [9.17, 15) is 0 Å². The van der Waals surface area contributed by atoms with Crippen LogP contribution in [-0.2, 0) is 4.74 Å². The number of hydrogen-bond acceptors (Lipinski definition) is 3. The van der Waals surface area contributed by atoms with Gasteiger partial charge in [-0.1, -0.05) is 18.7 Å². The molecule has 0 N–H and O–H groups in total. The van der Waals surface area contributed by atoms with E-state index in [-0.39, 0.29) is 0 Å². The van der Waals surface area contributed by atoms with E-state index in [1.54, 1.807) is 12.3 Å². The molecule has 3 heteroatoms. The summed E-state index contributed by atoms with van der Waals surface area (Å²) in [6.07, 6.45) is 7.61. The number of pyridine rings is 1. The first-order chi connectivity index (χ1) is 9.65. The molecule has 1 aromatic heterocycles. The maximum absolute atomic E-state index is 5.71. The van der Waals surface area contributed by atoms with E-state index in [1.165, 1.54) is 0 Å². The second kappa shape index (κ2) is 6.24. The van der Waals surface area contributed by atoms with Gasteiger partial charge < -0.3 is 9.47 Å². The largest absolute Gasteiger partial charge is 0.473 e. The van der Waals surface area contributed by atoms with Crippen molar-refractivity contribution in [1.29, 1.82) is 0 Å². The molecular weight excluding hydrogens is 250 g/mol. The summed E-state index contributed by atoms with van der Waals surface area (Å²) in [5.41, 5.74) is 3.24. The number of rotatable bonds is 4. The Labute approximate surface area is 119 Å². The highest BCUT2D eigenvalue weighted by Crippen LogP contribution is 2.33. The van der Waals surface area contributed by atoms with Gasteiger partial charge in [0.1, 0.15) is 18.1 Å². The molecule has 104 valence electrons. The van der Waals surface area contributed by atoms with Gasteiger partial charge in [0.15, 0.2) is 0 Å². The molecule has 1 aromatic rings. The lowest BCUT2D eigenvalue weighted by Gasteiger charge is -2.20. The number of allylic oxidation sites excluding steroid dienone is 6. The van der Waals surface area contributed by atoms with Gasteiger partial charge in [0.05, 0.1) is 0 Å². The van der Waals surface area contributed by atoms with Gasteiger partial charge in [0.25, 0.3) is 0 Å². The van der Waals surface area contributed by atoms with Crippen molar-refractivity contribution >= 4 is 5.57 Å². The molecule has 1 aliphatic rings. The summed E-state index contributed by atoms with van der Waals surface area (Å²) in [5, 5.41) is 0. The van der Waals surface area contributed by atoms with Crippen LogP contribution in [0.1, 0.15) is 26.3 Å². The molecular formula is C17H19NO2. The molecule has 2 rings (SSSR count). The minimum absolute atomic E-state index is 0.458. The summed E-state index contributed by atoms with van der Waals surface area (Å²) in [6, 6.07) is 3.85. The minimum Gasteiger partial charge on any atom is -0.473 e. The number of nitrogens with zero attached hydrogens (tertiary/aromatic N) is 1. The van der Waals surface area contributed by atoms with E-state index in [0.717, 1.165) is 28.2 Å². The maximum atomic E-state index is 5.71. The third-order valence-corrected chi connectivity index (χ3v) is 3.00. The van der Waals surface area contributed by atoms with E-state index in [2.05, 4.69) is 17.6 Å². The zero-order valence-electron chi connectivity index (χ0n) is 12.1. The van der Waals surface area contributed by atoms with Gasteiger partial charge in [-0.15, -0.1) is 0 Å². The fraction of sp³-hybridized carbons (Fsp3) is 0.235. The van der Waals surface area contributed by atoms with Crippen LogP contribution in [0.5, 0.6) is 5.88 Å². The molecule has 0 amide bonds. The van der Waals surface area contributed by atoms with Crippen LogP contribution in [0.4, 0.5) is 0 Å². The molecule has 0 unspecified atom stereocenters. The Balaban J connectivity index is 2.31. The first kappa shape index (κ1) is 14.1. The molecule has 0 saturated carbocycles. The molecule has 0 aliphatic carbocycles. The lowest BCUT2D eigenvalue weighted by atomic mass is 9.96. The summed E-state index contributed by atoms with van der Waals surface area (Å²) < 4.78 is 11.1. The van der Waals surface area contributed by atoms with E-state index in [4.69, 9.17) is 9.47 Å². The monoisotopic (exact) mass is 269 g/mol. The number of hydrogen-bond donors (Lipinski definition) is 0. The smallest absolute Gasteiger partial charge is 0.213 e.